The number of benzene rings is 1. The second-order valence-electron chi connectivity index (χ2n) is 4.99. The van der Waals surface area contributed by atoms with E-state index in [1.54, 1.807) is 0 Å². The highest BCUT2D eigenvalue weighted by atomic mass is 32.2. The van der Waals surface area contributed by atoms with Gasteiger partial charge in [0.25, 0.3) is 0 Å². The molecule has 96 valence electrons. The standard InChI is InChI=1S/C15H25NS/c1-5-8-16-10-14-9-13(4)6-7-15(14)17-11-12(2)3/h6-7,9,12,16H,5,8,10-11H2,1-4H3. The average molecular weight is 251 g/mol. The van der Waals surface area contributed by atoms with E-state index in [9.17, 15) is 0 Å². The van der Waals surface area contributed by atoms with E-state index in [1.165, 1.54) is 28.2 Å². The van der Waals surface area contributed by atoms with E-state index < -0.39 is 0 Å². The molecule has 0 saturated carbocycles. The molecular weight excluding hydrogens is 226 g/mol. The largest absolute Gasteiger partial charge is 0.313 e. The first kappa shape index (κ1) is 14.6. The number of hydrogen-bond donors (Lipinski definition) is 1. The van der Waals surface area contributed by atoms with Crippen molar-refractivity contribution in [2.45, 2.75) is 45.6 Å². The molecule has 1 aromatic carbocycles. The van der Waals surface area contributed by atoms with Crippen molar-refractivity contribution in [2.24, 2.45) is 5.92 Å². The van der Waals surface area contributed by atoms with E-state index in [2.05, 4.69) is 51.2 Å². The van der Waals surface area contributed by atoms with Crippen molar-refractivity contribution in [3.8, 4) is 0 Å². The first-order valence-electron chi connectivity index (χ1n) is 6.56. The van der Waals surface area contributed by atoms with Crippen LogP contribution in [0, 0.1) is 12.8 Å². The molecule has 0 aliphatic heterocycles. The fourth-order valence-corrected chi connectivity index (χ4v) is 2.64. The van der Waals surface area contributed by atoms with Crippen LogP contribution in [0.2, 0.25) is 0 Å². The van der Waals surface area contributed by atoms with Gasteiger partial charge in [0.1, 0.15) is 0 Å². The molecule has 0 aliphatic carbocycles. The minimum atomic E-state index is 0.748. The summed E-state index contributed by atoms with van der Waals surface area (Å²) in [5.41, 5.74) is 2.80. The van der Waals surface area contributed by atoms with E-state index in [0.717, 1.165) is 19.0 Å². The van der Waals surface area contributed by atoms with Crippen LogP contribution in [0.15, 0.2) is 23.1 Å². The Labute approximate surface area is 110 Å². The topological polar surface area (TPSA) is 12.0 Å². The van der Waals surface area contributed by atoms with E-state index in [0.29, 0.717) is 0 Å². The lowest BCUT2D eigenvalue weighted by atomic mass is 10.1. The van der Waals surface area contributed by atoms with Crippen LogP contribution in [0.3, 0.4) is 0 Å². The lowest BCUT2D eigenvalue weighted by Crippen LogP contribution is -2.14. The van der Waals surface area contributed by atoms with Crippen LogP contribution in [-0.4, -0.2) is 12.3 Å². The summed E-state index contributed by atoms with van der Waals surface area (Å²) in [4.78, 5) is 1.44. The Bertz CT molecular complexity index is 334. The second kappa shape index (κ2) is 7.78. The molecule has 0 amide bonds. The molecular formula is C15H25NS. The van der Waals surface area contributed by atoms with Crippen molar-refractivity contribution in [3.63, 3.8) is 0 Å². The number of rotatable bonds is 7. The zero-order chi connectivity index (χ0) is 12.7. The van der Waals surface area contributed by atoms with Crippen LogP contribution in [0.25, 0.3) is 0 Å². The molecule has 1 N–H and O–H groups in total. The fourth-order valence-electron chi connectivity index (χ4n) is 1.64. The Morgan fingerprint density at radius 2 is 2.06 bits per heavy atom. The van der Waals surface area contributed by atoms with E-state index in [4.69, 9.17) is 0 Å². The molecule has 0 atom stereocenters. The summed E-state index contributed by atoms with van der Waals surface area (Å²) in [5, 5.41) is 3.49. The maximum atomic E-state index is 3.49. The Kier molecular flexibility index (Phi) is 6.68. The minimum absolute atomic E-state index is 0.748. The zero-order valence-corrected chi connectivity index (χ0v) is 12.4. The summed E-state index contributed by atoms with van der Waals surface area (Å²) in [6, 6.07) is 6.79. The van der Waals surface area contributed by atoms with Gasteiger partial charge in [-0.2, -0.15) is 0 Å². The molecule has 0 bridgehead atoms. The molecule has 0 aliphatic rings. The van der Waals surface area contributed by atoms with Gasteiger partial charge in [-0.05, 0) is 37.4 Å². The summed E-state index contributed by atoms with van der Waals surface area (Å²) < 4.78 is 0. The highest BCUT2D eigenvalue weighted by Crippen LogP contribution is 2.25. The molecule has 0 saturated heterocycles. The average Bonchev–Trinajstić information content (AvgIpc) is 2.28. The Hall–Kier alpha value is -0.470. The molecule has 0 aromatic heterocycles. The van der Waals surface area contributed by atoms with Crippen LogP contribution in [-0.2, 0) is 6.54 Å². The van der Waals surface area contributed by atoms with E-state index in [1.807, 2.05) is 11.8 Å². The highest BCUT2D eigenvalue weighted by molar-refractivity contribution is 7.99. The number of aryl methyl sites for hydroxylation is 1. The molecule has 2 heteroatoms. The highest BCUT2D eigenvalue weighted by Gasteiger charge is 2.04. The van der Waals surface area contributed by atoms with Crippen molar-refractivity contribution in [1.82, 2.24) is 5.32 Å². The van der Waals surface area contributed by atoms with Crippen molar-refractivity contribution < 1.29 is 0 Å². The maximum Gasteiger partial charge on any atom is 0.0216 e. The summed E-state index contributed by atoms with van der Waals surface area (Å²) in [6.07, 6.45) is 1.19. The van der Waals surface area contributed by atoms with Gasteiger partial charge < -0.3 is 5.32 Å². The third-order valence-electron chi connectivity index (χ3n) is 2.53. The van der Waals surface area contributed by atoms with Crippen LogP contribution < -0.4 is 5.32 Å². The predicted molar refractivity (Wildman–Crippen MR) is 78.7 cm³/mol. The SMILES string of the molecule is CCCNCc1cc(C)ccc1SCC(C)C. The molecule has 0 unspecified atom stereocenters. The summed E-state index contributed by atoms with van der Waals surface area (Å²) in [6.45, 7) is 11.0. The zero-order valence-electron chi connectivity index (χ0n) is 11.5. The summed E-state index contributed by atoms with van der Waals surface area (Å²) in [7, 11) is 0. The lowest BCUT2D eigenvalue weighted by Gasteiger charge is -2.12. The van der Waals surface area contributed by atoms with Gasteiger partial charge in [-0.25, -0.2) is 0 Å². The van der Waals surface area contributed by atoms with Gasteiger partial charge in [-0.1, -0.05) is 38.5 Å². The minimum Gasteiger partial charge on any atom is -0.313 e. The van der Waals surface area contributed by atoms with Gasteiger partial charge in [0.15, 0.2) is 0 Å². The lowest BCUT2D eigenvalue weighted by molar-refractivity contribution is 0.668. The van der Waals surface area contributed by atoms with Gasteiger partial charge in [0, 0.05) is 17.2 Å². The molecule has 1 nitrogen and oxygen atoms in total. The second-order valence-corrected chi connectivity index (χ2v) is 6.05. The van der Waals surface area contributed by atoms with Crippen LogP contribution in [0.5, 0.6) is 0 Å². The van der Waals surface area contributed by atoms with Gasteiger partial charge >= 0.3 is 0 Å². The normalized spacial score (nSPS) is 11.1. The van der Waals surface area contributed by atoms with Crippen LogP contribution in [0.1, 0.15) is 38.3 Å². The summed E-state index contributed by atoms with van der Waals surface area (Å²) >= 11 is 1.98. The molecule has 17 heavy (non-hydrogen) atoms. The first-order chi connectivity index (χ1) is 8.13. The number of nitrogens with one attached hydrogen (secondary N) is 1. The number of thioether (sulfide) groups is 1. The molecule has 0 fully saturated rings. The molecule has 0 radical (unpaired) electrons. The molecule has 0 heterocycles. The first-order valence-corrected chi connectivity index (χ1v) is 7.55. The Morgan fingerprint density at radius 3 is 2.71 bits per heavy atom. The summed E-state index contributed by atoms with van der Waals surface area (Å²) in [5.74, 6) is 1.95. The monoisotopic (exact) mass is 251 g/mol. The molecule has 0 spiro atoms. The third-order valence-corrected chi connectivity index (χ3v) is 4.07. The van der Waals surface area contributed by atoms with Crippen molar-refractivity contribution in [1.29, 1.82) is 0 Å². The van der Waals surface area contributed by atoms with Crippen molar-refractivity contribution in [2.75, 3.05) is 12.3 Å². The fraction of sp³-hybridized carbons (Fsp3) is 0.600. The van der Waals surface area contributed by atoms with Gasteiger partial charge in [-0.15, -0.1) is 11.8 Å². The molecule has 1 rings (SSSR count). The molecule has 1 aromatic rings. The van der Waals surface area contributed by atoms with Crippen LogP contribution in [0.4, 0.5) is 0 Å². The Morgan fingerprint density at radius 1 is 1.29 bits per heavy atom. The van der Waals surface area contributed by atoms with Crippen molar-refractivity contribution in [3.05, 3.63) is 29.3 Å². The van der Waals surface area contributed by atoms with Gasteiger partial charge in [0.2, 0.25) is 0 Å². The third kappa shape index (κ3) is 5.60. The van der Waals surface area contributed by atoms with E-state index >= 15 is 0 Å². The van der Waals surface area contributed by atoms with E-state index in [-0.39, 0.29) is 0 Å². The van der Waals surface area contributed by atoms with Gasteiger partial charge in [-0.3, -0.25) is 0 Å². The van der Waals surface area contributed by atoms with Crippen LogP contribution >= 0.6 is 11.8 Å². The smallest absolute Gasteiger partial charge is 0.0216 e. The number of hydrogen-bond acceptors (Lipinski definition) is 2. The Balaban J connectivity index is 2.66. The quantitative estimate of drug-likeness (QED) is 0.574. The predicted octanol–water partition coefficient (Wildman–Crippen LogP) is 4.24. The maximum absolute atomic E-state index is 3.49. The van der Waals surface area contributed by atoms with Crippen molar-refractivity contribution >= 4 is 11.8 Å². The van der Waals surface area contributed by atoms with Gasteiger partial charge in [0.05, 0.1) is 0 Å².